The van der Waals surface area contributed by atoms with Crippen LogP contribution in [0.5, 0.6) is 11.5 Å². The third-order valence-electron chi connectivity index (χ3n) is 5.36. The van der Waals surface area contributed by atoms with Crippen LogP contribution < -0.4 is 14.8 Å². The molecule has 2 aromatic carbocycles. The second-order valence-corrected chi connectivity index (χ2v) is 7.16. The van der Waals surface area contributed by atoms with Gasteiger partial charge in [0.1, 0.15) is 11.5 Å². The maximum Gasteiger partial charge on any atom is 0.257 e. The lowest BCUT2D eigenvalue weighted by atomic mass is 9.95. The van der Waals surface area contributed by atoms with Crippen molar-refractivity contribution in [1.82, 2.24) is 10.2 Å². The number of methoxy groups -OCH3 is 2. The number of amides is 2. The van der Waals surface area contributed by atoms with Gasteiger partial charge in [0.25, 0.3) is 5.91 Å². The summed E-state index contributed by atoms with van der Waals surface area (Å²) in [6.07, 6.45) is 2.13. The van der Waals surface area contributed by atoms with Crippen LogP contribution in [0.3, 0.4) is 0 Å². The number of hydrogen-bond donors (Lipinski definition) is 1. The predicted octanol–water partition coefficient (Wildman–Crippen LogP) is 2.91. The molecule has 1 saturated heterocycles. The highest BCUT2D eigenvalue weighted by Crippen LogP contribution is 2.23. The average Bonchev–Trinajstić information content (AvgIpc) is 2.79. The summed E-state index contributed by atoms with van der Waals surface area (Å²) in [5.41, 5.74) is 1.72. The van der Waals surface area contributed by atoms with Crippen LogP contribution in [0.4, 0.5) is 0 Å². The van der Waals surface area contributed by atoms with Crippen LogP contribution in [0.15, 0.2) is 48.5 Å². The number of benzene rings is 2. The number of nitrogens with one attached hydrogen (secondary N) is 1. The Hall–Kier alpha value is -3.02. The summed E-state index contributed by atoms with van der Waals surface area (Å²) in [4.78, 5) is 27.1. The van der Waals surface area contributed by atoms with Gasteiger partial charge in [-0.15, -0.1) is 0 Å². The average molecular weight is 396 g/mol. The molecule has 6 nitrogen and oxygen atoms in total. The van der Waals surface area contributed by atoms with Crippen LogP contribution in [0, 0.1) is 5.92 Å². The maximum atomic E-state index is 12.8. The normalized spacial score (nSPS) is 14.3. The van der Waals surface area contributed by atoms with Crippen molar-refractivity contribution in [3.05, 3.63) is 59.7 Å². The fraction of sp³-hybridized carbons (Fsp3) is 0.391. The number of ether oxygens (including phenoxy) is 2. The summed E-state index contributed by atoms with van der Waals surface area (Å²) in [6, 6.07) is 15.1. The first-order valence-electron chi connectivity index (χ1n) is 9.95. The summed E-state index contributed by atoms with van der Waals surface area (Å²) in [5.74, 6) is 1.39. The highest BCUT2D eigenvalue weighted by Gasteiger charge is 2.28. The van der Waals surface area contributed by atoms with E-state index in [0.717, 1.165) is 17.7 Å². The van der Waals surface area contributed by atoms with Crippen LogP contribution in [0.2, 0.25) is 0 Å². The van der Waals surface area contributed by atoms with E-state index in [9.17, 15) is 9.59 Å². The lowest BCUT2D eigenvalue weighted by Crippen LogP contribution is -2.43. The van der Waals surface area contributed by atoms with E-state index >= 15 is 0 Å². The van der Waals surface area contributed by atoms with Gasteiger partial charge in [0.2, 0.25) is 5.91 Å². The molecule has 154 valence electrons. The molecular formula is C23H28N2O4. The zero-order valence-corrected chi connectivity index (χ0v) is 17.0. The molecule has 0 atom stereocenters. The van der Waals surface area contributed by atoms with Gasteiger partial charge in [0.05, 0.1) is 19.8 Å². The van der Waals surface area contributed by atoms with E-state index in [-0.39, 0.29) is 17.7 Å². The largest absolute Gasteiger partial charge is 0.497 e. The van der Waals surface area contributed by atoms with Crippen LogP contribution in [0.1, 0.15) is 28.8 Å². The number of carbonyl (C=O) groups is 2. The molecule has 1 fully saturated rings. The topological polar surface area (TPSA) is 67.9 Å². The smallest absolute Gasteiger partial charge is 0.257 e. The SMILES string of the molecule is COc1ccc(CCNC(=O)C2CCN(C(=O)c3ccccc3OC)CC2)cc1. The summed E-state index contributed by atoms with van der Waals surface area (Å²) in [5, 5.41) is 3.03. The number of nitrogens with zero attached hydrogens (tertiary/aromatic N) is 1. The van der Waals surface area contributed by atoms with Crippen molar-refractivity contribution in [1.29, 1.82) is 0 Å². The van der Waals surface area contributed by atoms with E-state index in [1.807, 2.05) is 36.4 Å². The monoisotopic (exact) mass is 396 g/mol. The Morgan fingerprint density at radius 2 is 1.69 bits per heavy atom. The van der Waals surface area contributed by atoms with Gasteiger partial charge in [0, 0.05) is 25.6 Å². The van der Waals surface area contributed by atoms with Gasteiger partial charge in [-0.1, -0.05) is 24.3 Å². The maximum absolute atomic E-state index is 12.8. The molecule has 2 aromatic rings. The van der Waals surface area contributed by atoms with Crippen LogP contribution in [-0.2, 0) is 11.2 Å². The summed E-state index contributed by atoms with van der Waals surface area (Å²) in [6.45, 7) is 1.76. The molecule has 1 aliphatic heterocycles. The van der Waals surface area contributed by atoms with Crippen LogP contribution >= 0.6 is 0 Å². The van der Waals surface area contributed by atoms with Crippen LogP contribution in [-0.4, -0.2) is 50.6 Å². The van der Waals surface area contributed by atoms with Crippen molar-refractivity contribution in [2.75, 3.05) is 33.9 Å². The van der Waals surface area contributed by atoms with Crippen molar-refractivity contribution in [2.24, 2.45) is 5.92 Å². The minimum atomic E-state index is -0.0485. The summed E-state index contributed by atoms with van der Waals surface area (Å²) >= 11 is 0. The molecule has 1 N–H and O–H groups in total. The number of likely N-dealkylation sites (tertiary alicyclic amines) is 1. The Bertz CT molecular complexity index is 827. The van der Waals surface area contributed by atoms with E-state index in [0.29, 0.717) is 43.8 Å². The minimum absolute atomic E-state index is 0.0409. The molecule has 0 aromatic heterocycles. The Labute approximate surface area is 171 Å². The van der Waals surface area contributed by atoms with E-state index in [1.54, 1.807) is 31.3 Å². The molecule has 0 bridgehead atoms. The Morgan fingerprint density at radius 1 is 1.00 bits per heavy atom. The molecule has 6 heteroatoms. The molecule has 1 heterocycles. The third kappa shape index (κ3) is 5.28. The summed E-state index contributed by atoms with van der Waals surface area (Å²) < 4.78 is 10.4. The number of hydrogen-bond acceptors (Lipinski definition) is 4. The summed E-state index contributed by atoms with van der Waals surface area (Å²) in [7, 11) is 3.21. The molecule has 0 radical (unpaired) electrons. The zero-order valence-electron chi connectivity index (χ0n) is 17.0. The highest BCUT2D eigenvalue weighted by atomic mass is 16.5. The quantitative estimate of drug-likeness (QED) is 0.781. The number of rotatable bonds is 7. The van der Waals surface area contributed by atoms with Gasteiger partial charge in [-0.05, 0) is 49.1 Å². The number of carbonyl (C=O) groups excluding carboxylic acids is 2. The Morgan fingerprint density at radius 3 is 2.34 bits per heavy atom. The van der Waals surface area contributed by atoms with Crippen molar-refractivity contribution in [3.8, 4) is 11.5 Å². The standard InChI is InChI=1S/C23H28N2O4/c1-28-19-9-7-17(8-10-19)11-14-24-22(26)18-12-15-25(16-13-18)23(27)20-5-3-4-6-21(20)29-2/h3-10,18H,11-16H2,1-2H3,(H,24,26). The predicted molar refractivity (Wildman–Crippen MR) is 111 cm³/mol. The Kier molecular flexibility index (Phi) is 7.11. The van der Waals surface area contributed by atoms with Gasteiger partial charge in [-0.2, -0.15) is 0 Å². The van der Waals surface area contributed by atoms with Crippen molar-refractivity contribution < 1.29 is 19.1 Å². The molecule has 29 heavy (non-hydrogen) atoms. The minimum Gasteiger partial charge on any atom is -0.497 e. The molecular weight excluding hydrogens is 368 g/mol. The zero-order chi connectivity index (χ0) is 20.6. The van der Waals surface area contributed by atoms with Gasteiger partial charge in [-0.25, -0.2) is 0 Å². The molecule has 0 unspecified atom stereocenters. The first-order chi connectivity index (χ1) is 14.1. The first-order valence-corrected chi connectivity index (χ1v) is 9.95. The third-order valence-corrected chi connectivity index (χ3v) is 5.36. The number of para-hydroxylation sites is 1. The lowest BCUT2D eigenvalue weighted by Gasteiger charge is -2.31. The molecule has 3 rings (SSSR count). The Balaban J connectivity index is 1.44. The van der Waals surface area contributed by atoms with E-state index in [1.165, 1.54) is 0 Å². The lowest BCUT2D eigenvalue weighted by molar-refractivity contribution is -0.126. The van der Waals surface area contributed by atoms with Crippen molar-refractivity contribution >= 4 is 11.8 Å². The fourth-order valence-electron chi connectivity index (χ4n) is 3.60. The first kappa shape index (κ1) is 20.7. The molecule has 0 aliphatic carbocycles. The molecule has 2 amide bonds. The molecule has 1 aliphatic rings. The van der Waals surface area contributed by atoms with Crippen molar-refractivity contribution in [2.45, 2.75) is 19.3 Å². The van der Waals surface area contributed by atoms with Crippen LogP contribution in [0.25, 0.3) is 0 Å². The van der Waals surface area contributed by atoms with Gasteiger partial charge >= 0.3 is 0 Å². The van der Waals surface area contributed by atoms with E-state index in [4.69, 9.17) is 9.47 Å². The van der Waals surface area contributed by atoms with Crippen molar-refractivity contribution in [3.63, 3.8) is 0 Å². The van der Waals surface area contributed by atoms with E-state index in [2.05, 4.69) is 5.32 Å². The van der Waals surface area contributed by atoms with Gasteiger partial charge in [-0.3, -0.25) is 9.59 Å². The van der Waals surface area contributed by atoms with E-state index < -0.39 is 0 Å². The van der Waals surface area contributed by atoms with Gasteiger partial charge in [0.15, 0.2) is 0 Å². The molecule has 0 spiro atoms. The number of piperidine rings is 1. The highest BCUT2D eigenvalue weighted by molar-refractivity contribution is 5.97. The fourth-order valence-corrected chi connectivity index (χ4v) is 3.60. The second-order valence-electron chi connectivity index (χ2n) is 7.16. The molecule has 0 saturated carbocycles. The second kappa shape index (κ2) is 9.96. The van der Waals surface area contributed by atoms with Gasteiger partial charge < -0.3 is 19.7 Å².